The Kier molecular flexibility index (Phi) is 4.16. The zero-order valence-electron chi connectivity index (χ0n) is 13.8. The van der Waals surface area contributed by atoms with E-state index in [1.54, 1.807) is 0 Å². The summed E-state index contributed by atoms with van der Waals surface area (Å²) < 4.78 is 11.5. The standard InChI is InChI=1S/C19H21NO3S/c1-14-2-4-15(5-3-14)16-6-13-24-17(16)18(21)20-9-7-19(8-10-20)22-11-12-23-19/h2-6,13H,7-12H2,1H3. The van der Waals surface area contributed by atoms with Crippen molar-refractivity contribution in [3.63, 3.8) is 0 Å². The van der Waals surface area contributed by atoms with E-state index in [0.717, 1.165) is 28.8 Å². The SMILES string of the molecule is Cc1ccc(-c2ccsc2C(=O)N2CCC3(CC2)OCCO3)cc1. The maximum absolute atomic E-state index is 13.0. The molecule has 0 atom stereocenters. The molecule has 2 saturated heterocycles. The van der Waals surface area contributed by atoms with Crippen molar-refractivity contribution in [2.45, 2.75) is 25.6 Å². The summed E-state index contributed by atoms with van der Waals surface area (Å²) in [5.74, 6) is -0.320. The average molecular weight is 343 g/mol. The molecule has 0 N–H and O–H groups in total. The molecule has 24 heavy (non-hydrogen) atoms. The number of benzene rings is 1. The first-order chi connectivity index (χ1) is 11.7. The molecular weight excluding hydrogens is 322 g/mol. The van der Waals surface area contributed by atoms with Gasteiger partial charge in [0.15, 0.2) is 5.79 Å². The molecule has 0 saturated carbocycles. The van der Waals surface area contributed by atoms with Crippen LogP contribution in [0.5, 0.6) is 0 Å². The Labute approximate surface area is 146 Å². The van der Waals surface area contributed by atoms with Gasteiger partial charge in [-0.2, -0.15) is 0 Å². The van der Waals surface area contributed by atoms with Crippen molar-refractivity contribution < 1.29 is 14.3 Å². The lowest BCUT2D eigenvalue weighted by atomic mass is 10.0. The minimum absolute atomic E-state index is 0.119. The van der Waals surface area contributed by atoms with Crippen LogP contribution in [0.2, 0.25) is 0 Å². The van der Waals surface area contributed by atoms with E-state index in [9.17, 15) is 4.79 Å². The molecule has 0 radical (unpaired) electrons. The number of ether oxygens (including phenoxy) is 2. The maximum atomic E-state index is 13.0. The molecule has 1 amide bonds. The molecule has 2 aliphatic rings. The third kappa shape index (κ3) is 2.88. The predicted octanol–water partition coefficient (Wildman–Crippen LogP) is 3.70. The summed E-state index contributed by atoms with van der Waals surface area (Å²) in [6, 6.07) is 10.4. The summed E-state index contributed by atoms with van der Waals surface area (Å²) >= 11 is 1.52. The Morgan fingerprint density at radius 1 is 1.08 bits per heavy atom. The van der Waals surface area contributed by atoms with Gasteiger partial charge in [0.2, 0.25) is 0 Å². The van der Waals surface area contributed by atoms with Gasteiger partial charge in [0.25, 0.3) is 5.91 Å². The van der Waals surface area contributed by atoms with Crippen molar-refractivity contribution in [3.8, 4) is 11.1 Å². The van der Waals surface area contributed by atoms with E-state index in [1.165, 1.54) is 16.9 Å². The summed E-state index contributed by atoms with van der Waals surface area (Å²) in [4.78, 5) is 15.7. The summed E-state index contributed by atoms with van der Waals surface area (Å²) in [7, 11) is 0. The van der Waals surface area contributed by atoms with Crippen LogP contribution in [0.25, 0.3) is 11.1 Å². The normalized spacial score (nSPS) is 19.8. The number of rotatable bonds is 2. The second-order valence-corrected chi connectivity index (χ2v) is 7.35. The number of piperidine rings is 1. The molecule has 1 aromatic carbocycles. The van der Waals surface area contributed by atoms with Gasteiger partial charge in [-0.3, -0.25) is 4.79 Å². The fraction of sp³-hybridized carbons (Fsp3) is 0.421. The van der Waals surface area contributed by atoms with Crippen LogP contribution in [0.1, 0.15) is 28.1 Å². The molecule has 2 fully saturated rings. The second-order valence-electron chi connectivity index (χ2n) is 6.43. The summed E-state index contributed by atoms with van der Waals surface area (Å²) in [6.45, 7) is 4.77. The molecule has 4 nitrogen and oxygen atoms in total. The van der Waals surface area contributed by atoms with Gasteiger partial charge in [-0.1, -0.05) is 29.8 Å². The number of hydrogen-bond acceptors (Lipinski definition) is 4. The minimum atomic E-state index is -0.438. The number of likely N-dealkylation sites (tertiary alicyclic amines) is 1. The topological polar surface area (TPSA) is 38.8 Å². The van der Waals surface area contributed by atoms with Crippen LogP contribution < -0.4 is 0 Å². The predicted molar refractivity (Wildman–Crippen MR) is 94.3 cm³/mol. The number of amides is 1. The Hall–Kier alpha value is -1.69. The Bertz CT molecular complexity index is 721. The summed E-state index contributed by atoms with van der Waals surface area (Å²) in [5.41, 5.74) is 3.35. The third-order valence-corrected chi connectivity index (χ3v) is 5.75. The molecule has 0 bridgehead atoms. The first-order valence-electron chi connectivity index (χ1n) is 8.39. The largest absolute Gasteiger partial charge is 0.347 e. The zero-order chi connectivity index (χ0) is 16.6. The fourth-order valence-electron chi connectivity index (χ4n) is 3.42. The molecular formula is C19H21NO3S. The van der Waals surface area contributed by atoms with Crippen molar-refractivity contribution in [3.05, 3.63) is 46.2 Å². The van der Waals surface area contributed by atoms with Gasteiger partial charge >= 0.3 is 0 Å². The number of carbonyl (C=O) groups is 1. The molecule has 0 unspecified atom stereocenters. The molecule has 1 aromatic heterocycles. The number of nitrogens with zero attached hydrogens (tertiary/aromatic N) is 1. The molecule has 2 aromatic rings. The molecule has 4 rings (SSSR count). The van der Waals surface area contributed by atoms with Crippen molar-refractivity contribution in [1.82, 2.24) is 4.90 Å². The number of thiophene rings is 1. The lowest BCUT2D eigenvalue weighted by molar-refractivity contribution is -0.181. The monoisotopic (exact) mass is 343 g/mol. The zero-order valence-corrected chi connectivity index (χ0v) is 14.6. The molecule has 1 spiro atoms. The van der Waals surface area contributed by atoms with Crippen LogP contribution in [0, 0.1) is 6.92 Å². The lowest BCUT2D eigenvalue weighted by Gasteiger charge is -2.37. The summed E-state index contributed by atoms with van der Waals surface area (Å²) in [5, 5.41) is 2.00. The van der Waals surface area contributed by atoms with Crippen LogP contribution in [0.4, 0.5) is 0 Å². The van der Waals surface area contributed by atoms with E-state index >= 15 is 0 Å². The van der Waals surface area contributed by atoms with E-state index in [2.05, 4.69) is 31.2 Å². The van der Waals surface area contributed by atoms with Crippen molar-refractivity contribution in [1.29, 1.82) is 0 Å². The van der Waals surface area contributed by atoms with Crippen LogP contribution in [-0.4, -0.2) is 42.9 Å². The number of carbonyl (C=O) groups excluding carboxylic acids is 1. The van der Waals surface area contributed by atoms with E-state index in [4.69, 9.17) is 9.47 Å². The third-order valence-electron chi connectivity index (χ3n) is 4.85. The van der Waals surface area contributed by atoms with Gasteiger partial charge < -0.3 is 14.4 Å². The molecule has 2 aliphatic heterocycles. The minimum Gasteiger partial charge on any atom is -0.347 e. The van der Waals surface area contributed by atoms with Gasteiger partial charge in [0.1, 0.15) is 0 Å². The van der Waals surface area contributed by atoms with Crippen molar-refractivity contribution in [2.75, 3.05) is 26.3 Å². The average Bonchev–Trinajstić information content (AvgIpc) is 3.26. The number of aryl methyl sites for hydroxylation is 1. The highest BCUT2D eigenvalue weighted by molar-refractivity contribution is 7.12. The molecule has 3 heterocycles. The first-order valence-corrected chi connectivity index (χ1v) is 9.27. The van der Waals surface area contributed by atoms with E-state index < -0.39 is 5.79 Å². The highest BCUT2D eigenvalue weighted by Crippen LogP contribution is 2.34. The Balaban J connectivity index is 1.51. The van der Waals surface area contributed by atoms with Crippen LogP contribution in [-0.2, 0) is 9.47 Å². The van der Waals surface area contributed by atoms with E-state index in [-0.39, 0.29) is 5.91 Å². The van der Waals surface area contributed by atoms with Crippen LogP contribution in [0.15, 0.2) is 35.7 Å². The first kappa shape index (κ1) is 15.8. The fourth-order valence-corrected chi connectivity index (χ4v) is 4.30. The van der Waals surface area contributed by atoms with Gasteiger partial charge in [0.05, 0.1) is 18.1 Å². The maximum Gasteiger partial charge on any atom is 0.264 e. The van der Waals surface area contributed by atoms with Gasteiger partial charge in [0, 0.05) is 31.5 Å². The van der Waals surface area contributed by atoms with E-state index in [0.29, 0.717) is 26.3 Å². The lowest BCUT2D eigenvalue weighted by Crippen LogP contribution is -2.47. The number of hydrogen-bond donors (Lipinski definition) is 0. The molecule has 5 heteroatoms. The Morgan fingerprint density at radius 2 is 1.75 bits per heavy atom. The van der Waals surface area contributed by atoms with Crippen molar-refractivity contribution >= 4 is 17.2 Å². The Morgan fingerprint density at radius 3 is 2.42 bits per heavy atom. The summed E-state index contributed by atoms with van der Waals surface area (Å²) in [6.07, 6.45) is 1.51. The second kappa shape index (κ2) is 6.31. The van der Waals surface area contributed by atoms with Crippen LogP contribution in [0.3, 0.4) is 0 Å². The van der Waals surface area contributed by atoms with Gasteiger partial charge in [-0.05, 0) is 23.9 Å². The van der Waals surface area contributed by atoms with Crippen molar-refractivity contribution in [2.24, 2.45) is 0 Å². The quantitative estimate of drug-likeness (QED) is 0.834. The molecule has 0 aliphatic carbocycles. The molecule has 126 valence electrons. The van der Waals surface area contributed by atoms with Gasteiger partial charge in [-0.15, -0.1) is 11.3 Å². The highest BCUT2D eigenvalue weighted by atomic mass is 32.1. The smallest absolute Gasteiger partial charge is 0.264 e. The highest BCUT2D eigenvalue weighted by Gasteiger charge is 2.41. The van der Waals surface area contributed by atoms with Crippen LogP contribution >= 0.6 is 11.3 Å². The van der Waals surface area contributed by atoms with Gasteiger partial charge in [-0.25, -0.2) is 0 Å². The van der Waals surface area contributed by atoms with E-state index in [1.807, 2.05) is 16.3 Å².